The summed E-state index contributed by atoms with van der Waals surface area (Å²) in [6.45, 7) is 0. The van der Waals surface area contributed by atoms with Gasteiger partial charge in [-0.25, -0.2) is 0 Å². The van der Waals surface area contributed by atoms with Gasteiger partial charge < -0.3 is 9.31 Å². The second-order valence-corrected chi connectivity index (χ2v) is 7.69. The van der Waals surface area contributed by atoms with Crippen molar-refractivity contribution >= 4 is 50.8 Å². The molecular weight excluding hydrogens is 379 g/mol. The molecule has 0 aromatic heterocycles. The van der Waals surface area contributed by atoms with Crippen LogP contribution in [-0.2, 0) is 0 Å². The summed E-state index contributed by atoms with van der Waals surface area (Å²) in [5.41, 5.74) is 0. The van der Waals surface area contributed by atoms with Crippen LogP contribution in [0.4, 0.5) is 0 Å². The molecule has 6 rings (SSSR count). The number of rotatable bonds is 4. The van der Waals surface area contributed by atoms with Gasteiger partial charge in [0.2, 0.25) is 0 Å². The summed E-state index contributed by atoms with van der Waals surface area (Å²) in [6.07, 6.45) is 0. The smallest absolute Gasteiger partial charge is 0.526 e. The van der Waals surface area contributed by atoms with Crippen LogP contribution in [0.25, 0.3) is 43.1 Å². The third-order valence-electron chi connectivity index (χ3n) is 5.76. The van der Waals surface area contributed by atoms with Gasteiger partial charge in [-0.2, -0.15) is 0 Å². The van der Waals surface area contributed by atoms with Crippen molar-refractivity contribution in [2.75, 3.05) is 0 Å². The molecule has 0 saturated heterocycles. The zero-order valence-corrected chi connectivity index (χ0v) is 16.8. The topological polar surface area (TPSA) is 18.5 Å². The van der Waals surface area contributed by atoms with Gasteiger partial charge in [0.1, 0.15) is 11.5 Å². The first-order valence-electron chi connectivity index (χ1n) is 10.3. The van der Waals surface area contributed by atoms with Gasteiger partial charge in [0.25, 0.3) is 0 Å². The first-order chi connectivity index (χ1) is 15.3. The predicted molar refractivity (Wildman–Crippen MR) is 130 cm³/mol. The van der Waals surface area contributed by atoms with Crippen molar-refractivity contribution in [2.24, 2.45) is 0 Å². The molecule has 145 valence electrons. The molecule has 0 N–H and O–H groups in total. The van der Waals surface area contributed by atoms with E-state index in [1.807, 2.05) is 24.3 Å². The standard InChI is InChI=1S/C28H18BO2/c1-3-9-21-17-25-23(15-19(21)7-1)11-5-13-27(25)30-29-31-28-14-6-12-24-16-20-8-2-4-10-22(20)18-26(24)28/h1-18H. The van der Waals surface area contributed by atoms with Gasteiger partial charge in [-0.3, -0.25) is 0 Å². The second kappa shape index (κ2) is 7.37. The Balaban J connectivity index is 1.31. The van der Waals surface area contributed by atoms with Crippen molar-refractivity contribution in [3.63, 3.8) is 0 Å². The van der Waals surface area contributed by atoms with E-state index < -0.39 is 0 Å². The van der Waals surface area contributed by atoms with Crippen LogP contribution >= 0.6 is 0 Å². The zero-order chi connectivity index (χ0) is 20.6. The quantitative estimate of drug-likeness (QED) is 0.230. The minimum atomic E-state index is 0.772. The Morgan fingerprint density at radius 3 is 1.23 bits per heavy atom. The number of benzene rings is 6. The van der Waals surface area contributed by atoms with Gasteiger partial charge in [0.15, 0.2) is 0 Å². The molecule has 3 heteroatoms. The highest BCUT2D eigenvalue weighted by atomic mass is 16.6. The molecule has 6 aromatic rings. The van der Waals surface area contributed by atoms with Crippen molar-refractivity contribution in [1.82, 2.24) is 0 Å². The molecule has 0 amide bonds. The Bertz CT molecular complexity index is 1450. The number of hydrogen-bond donors (Lipinski definition) is 0. The van der Waals surface area contributed by atoms with Crippen LogP contribution in [0.15, 0.2) is 109 Å². The molecule has 0 aliphatic carbocycles. The van der Waals surface area contributed by atoms with Crippen molar-refractivity contribution in [3.05, 3.63) is 109 Å². The SMILES string of the molecule is [B](Oc1cccc2cc3ccccc3cc12)Oc1cccc2cc3ccccc3cc12. The molecule has 0 atom stereocenters. The Morgan fingerprint density at radius 2 is 0.774 bits per heavy atom. The lowest BCUT2D eigenvalue weighted by atomic mass is 10.0. The lowest BCUT2D eigenvalue weighted by Gasteiger charge is -2.12. The van der Waals surface area contributed by atoms with E-state index in [2.05, 4.69) is 84.9 Å². The highest BCUT2D eigenvalue weighted by molar-refractivity contribution is 6.22. The van der Waals surface area contributed by atoms with E-state index in [9.17, 15) is 0 Å². The van der Waals surface area contributed by atoms with E-state index in [-0.39, 0.29) is 0 Å². The van der Waals surface area contributed by atoms with Crippen LogP contribution in [0.2, 0.25) is 0 Å². The van der Waals surface area contributed by atoms with Crippen LogP contribution in [0, 0.1) is 0 Å². The molecule has 31 heavy (non-hydrogen) atoms. The third-order valence-corrected chi connectivity index (χ3v) is 5.76. The van der Waals surface area contributed by atoms with Crippen molar-refractivity contribution in [1.29, 1.82) is 0 Å². The molecule has 1 radical (unpaired) electrons. The molecule has 2 nitrogen and oxygen atoms in total. The third kappa shape index (κ3) is 3.25. The maximum Gasteiger partial charge on any atom is 0.658 e. The van der Waals surface area contributed by atoms with Gasteiger partial charge >= 0.3 is 7.69 Å². The molecule has 0 saturated carbocycles. The molecule has 0 heterocycles. The molecule has 6 aromatic carbocycles. The van der Waals surface area contributed by atoms with Crippen molar-refractivity contribution in [3.8, 4) is 11.5 Å². The monoisotopic (exact) mass is 397 g/mol. The molecule has 0 bridgehead atoms. The molecular formula is C28H18BO2. The summed E-state index contributed by atoms with van der Waals surface area (Å²) >= 11 is 0. The predicted octanol–water partition coefficient (Wildman–Crippen LogP) is 7.29. The Hall–Kier alpha value is -3.98. The van der Waals surface area contributed by atoms with Crippen LogP contribution in [0.3, 0.4) is 0 Å². The van der Waals surface area contributed by atoms with Gasteiger partial charge in [-0.05, 0) is 68.7 Å². The summed E-state index contributed by atoms with van der Waals surface area (Å²) in [6, 6.07) is 37.6. The summed E-state index contributed by atoms with van der Waals surface area (Å²) < 4.78 is 11.9. The van der Waals surface area contributed by atoms with Crippen molar-refractivity contribution in [2.45, 2.75) is 0 Å². The van der Waals surface area contributed by atoms with E-state index >= 15 is 0 Å². The van der Waals surface area contributed by atoms with Crippen molar-refractivity contribution < 1.29 is 9.31 Å². The molecule has 0 unspecified atom stereocenters. The summed E-state index contributed by atoms with van der Waals surface area (Å²) in [7, 11) is 1.42. The Labute approximate surface area is 180 Å². The van der Waals surface area contributed by atoms with Gasteiger partial charge in [0.05, 0.1) is 0 Å². The summed E-state index contributed by atoms with van der Waals surface area (Å²) in [4.78, 5) is 0. The van der Waals surface area contributed by atoms with Gasteiger partial charge in [0, 0.05) is 10.8 Å². The fourth-order valence-corrected chi connectivity index (χ4v) is 4.21. The fourth-order valence-electron chi connectivity index (χ4n) is 4.21. The van der Waals surface area contributed by atoms with E-state index in [1.54, 1.807) is 0 Å². The highest BCUT2D eigenvalue weighted by Gasteiger charge is 2.09. The zero-order valence-electron chi connectivity index (χ0n) is 16.8. The van der Waals surface area contributed by atoms with E-state index in [0.717, 1.165) is 33.0 Å². The Kier molecular flexibility index (Phi) is 4.24. The average Bonchev–Trinajstić information content (AvgIpc) is 2.82. The molecule has 0 aliphatic heterocycles. The highest BCUT2D eigenvalue weighted by Crippen LogP contribution is 2.32. The lowest BCUT2D eigenvalue weighted by Crippen LogP contribution is -2.11. The minimum Gasteiger partial charge on any atom is -0.526 e. The maximum atomic E-state index is 5.96. The molecule has 0 spiro atoms. The van der Waals surface area contributed by atoms with Crippen LogP contribution < -0.4 is 9.31 Å². The van der Waals surface area contributed by atoms with Gasteiger partial charge in [-0.15, -0.1) is 0 Å². The minimum absolute atomic E-state index is 0.772. The molecule has 0 aliphatic rings. The maximum absolute atomic E-state index is 5.96. The number of fused-ring (bicyclic) bond motifs is 4. The summed E-state index contributed by atoms with van der Waals surface area (Å²) in [5.74, 6) is 1.54. The second-order valence-electron chi connectivity index (χ2n) is 7.69. The van der Waals surface area contributed by atoms with Gasteiger partial charge in [-0.1, -0.05) is 72.8 Å². The fraction of sp³-hybridized carbons (Fsp3) is 0. The first-order valence-corrected chi connectivity index (χ1v) is 10.3. The van der Waals surface area contributed by atoms with E-state index in [1.165, 1.54) is 29.2 Å². The normalized spacial score (nSPS) is 11.2. The van der Waals surface area contributed by atoms with E-state index in [4.69, 9.17) is 9.31 Å². The molecule has 0 fully saturated rings. The average molecular weight is 397 g/mol. The number of hydrogen-bond acceptors (Lipinski definition) is 2. The summed E-state index contributed by atoms with van der Waals surface area (Å²) in [5, 5.41) is 9.21. The van der Waals surface area contributed by atoms with Crippen LogP contribution in [0.5, 0.6) is 11.5 Å². The largest absolute Gasteiger partial charge is 0.658 e. The first kappa shape index (κ1) is 17.8. The van der Waals surface area contributed by atoms with E-state index in [0.29, 0.717) is 0 Å². The van der Waals surface area contributed by atoms with Crippen LogP contribution in [0.1, 0.15) is 0 Å². The van der Waals surface area contributed by atoms with Crippen LogP contribution in [-0.4, -0.2) is 7.69 Å². The lowest BCUT2D eigenvalue weighted by molar-refractivity contribution is 0.465. The Morgan fingerprint density at radius 1 is 0.387 bits per heavy atom.